The van der Waals surface area contributed by atoms with Crippen LogP contribution in [0, 0.1) is 11.8 Å². The number of likely N-dealkylation sites (tertiary alicyclic amines) is 1. The molecule has 0 aromatic heterocycles. The van der Waals surface area contributed by atoms with Crippen LogP contribution in [0.15, 0.2) is 0 Å². The molecule has 2 saturated heterocycles. The minimum absolute atomic E-state index is 1.03. The molecule has 23 heavy (non-hydrogen) atoms. The van der Waals surface area contributed by atoms with Gasteiger partial charge in [-0.05, 0) is 49.9 Å². The summed E-state index contributed by atoms with van der Waals surface area (Å²) < 4.78 is 0. The summed E-state index contributed by atoms with van der Waals surface area (Å²) in [6, 6.07) is 0. The fraction of sp³-hybridized carbons (Fsp3) is 1.00. The van der Waals surface area contributed by atoms with Crippen LogP contribution in [0.5, 0.6) is 0 Å². The molecule has 1 aliphatic carbocycles. The maximum absolute atomic E-state index is 2.36. The number of thioether (sulfide) groups is 1. The van der Waals surface area contributed by atoms with Crippen LogP contribution < -0.4 is 0 Å². The Morgan fingerprint density at radius 3 is 1.09 bits per heavy atom. The molecule has 3 rings (SSSR count). The third-order valence-corrected chi connectivity index (χ3v) is 5.39. The zero-order valence-electron chi connectivity index (χ0n) is 18.1. The molecule has 3 aliphatic rings. The Morgan fingerprint density at radius 1 is 0.652 bits per heavy atom. The highest BCUT2D eigenvalue weighted by Gasteiger charge is 2.10. The van der Waals surface area contributed by atoms with Gasteiger partial charge in [-0.15, -0.1) is 0 Å². The molecule has 0 radical (unpaired) electrons. The summed E-state index contributed by atoms with van der Waals surface area (Å²) in [7, 11) is 2.14. The molecular weight excluding hydrogens is 298 g/mol. The third-order valence-electron chi connectivity index (χ3n) is 3.78. The molecule has 2 heteroatoms. The van der Waals surface area contributed by atoms with Gasteiger partial charge in [-0.3, -0.25) is 0 Å². The number of hydrogen-bond acceptors (Lipinski definition) is 2. The molecular formula is C21H49NS. The molecule has 144 valence electrons. The summed E-state index contributed by atoms with van der Waals surface area (Å²) in [6.07, 6.45) is 8.85. The molecule has 0 amide bonds. The number of nitrogens with zero attached hydrogens (tertiary/aromatic N) is 1. The lowest BCUT2D eigenvalue weighted by Gasteiger charge is -2.24. The van der Waals surface area contributed by atoms with Gasteiger partial charge >= 0.3 is 0 Å². The van der Waals surface area contributed by atoms with Gasteiger partial charge in [-0.1, -0.05) is 87.5 Å². The molecule has 1 saturated carbocycles. The molecule has 0 bridgehead atoms. The van der Waals surface area contributed by atoms with E-state index in [1.165, 1.54) is 63.1 Å². The van der Waals surface area contributed by atoms with E-state index in [9.17, 15) is 0 Å². The number of hydrogen-bond donors (Lipinski definition) is 0. The lowest BCUT2D eigenvalue weighted by atomic mass is 9.91. The van der Waals surface area contributed by atoms with Crippen LogP contribution in [0.4, 0.5) is 0 Å². The second kappa shape index (κ2) is 24.6. The molecule has 3 fully saturated rings. The molecule has 0 atom stereocenters. The van der Waals surface area contributed by atoms with Crippen LogP contribution in [-0.2, 0) is 0 Å². The van der Waals surface area contributed by atoms with Gasteiger partial charge in [0.05, 0.1) is 0 Å². The van der Waals surface area contributed by atoms with Crippen molar-refractivity contribution in [3.63, 3.8) is 0 Å². The van der Waals surface area contributed by atoms with E-state index < -0.39 is 0 Å². The first-order valence-corrected chi connectivity index (χ1v) is 11.6. The fourth-order valence-electron chi connectivity index (χ4n) is 2.13. The van der Waals surface area contributed by atoms with Crippen LogP contribution in [0.25, 0.3) is 0 Å². The van der Waals surface area contributed by atoms with Crippen molar-refractivity contribution >= 4 is 11.8 Å². The summed E-state index contributed by atoms with van der Waals surface area (Å²) in [5, 5.41) is 0. The number of rotatable bonds is 0. The average molecular weight is 348 g/mol. The smallest absolute Gasteiger partial charge is 0.000959 e. The molecule has 2 heterocycles. The topological polar surface area (TPSA) is 3.24 Å². The molecule has 0 aromatic carbocycles. The SMILES string of the molecule is CC.CC.CC.CC1CCCCC1.CC1CSC1.CN1CCC1. The van der Waals surface area contributed by atoms with Gasteiger partial charge in [0.1, 0.15) is 0 Å². The van der Waals surface area contributed by atoms with Gasteiger partial charge < -0.3 is 4.90 Å². The van der Waals surface area contributed by atoms with Gasteiger partial charge in [-0.25, -0.2) is 0 Å². The Bertz CT molecular complexity index is 159. The van der Waals surface area contributed by atoms with Crippen molar-refractivity contribution in [3.8, 4) is 0 Å². The highest BCUT2D eigenvalue weighted by atomic mass is 32.2. The Balaban J connectivity index is -0.000000227. The summed E-state index contributed by atoms with van der Waals surface area (Å²) >= 11 is 2.05. The first-order valence-electron chi connectivity index (χ1n) is 10.4. The molecule has 0 unspecified atom stereocenters. The monoisotopic (exact) mass is 347 g/mol. The fourth-order valence-corrected chi connectivity index (χ4v) is 2.84. The summed E-state index contributed by atoms with van der Waals surface area (Å²) in [6.45, 7) is 19.3. The minimum atomic E-state index is 1.03. The zero-order valence-corrected chi connectivity index (χ0v) is 18.9. The predicted molar refractivity (Wildman–Crippen MR) is 115 cm³/mol. The Hall–Kier alpha value is 0.310. The largest absolute Gasteiger partial charge is 0.306 e. The van der Waals surface area contributed by atoms with E-state index in [-0.39, 0.29) is 0 Å². The van der Waals surface area contributed by atoms with Crippen LogP contribution in [-0.4, -0.2) is 36.5 Å². The Labute approximate surface area is 154 Å². The van der Waals surface area contributed by atoms with Crippen molar-refractivity contribution < 1.29 is 0 Å². The van der Waals surface area contributed by atoms with E-state index in [0.29, 0.717) is 0 Å². The first kappa shape index (κ1) is 28.1. The molecule has 2 aliphatic heterocycles. The zero-order chi connectivity index (χ0) is 18.5. The van der Waals surface area contributed by atoms with E-state index in [4.69, 9.17) is 0 Å². The molecule has 0 aromatic rings. The van der Waals surface area contributed by atoms with Gasteiger partial charge in [0.25, 0.3) is 0 Å². The average Bonchev–Trinajstić information content (AvgIpc) is 2.58. The first-order chi connectivity index (χ1) is 11.2. The van der Waals surface area contributed by atoms with E-state index in [1.54, 1.807) is 0 Å². The Kier molecular flexibility index (Phi) is 30.0. The summed E-state index contributed by atoms with van der Waals surface area (Å²) in [4.78, 5) is 2.31. The van der Waals surface area contributed by atoms with Crippen molar-refractivity contribution in [2.75, 3.05) is 31.6 Å². The second-order valence-corrected chi connectivity index (χ2v) is 7.12. The van der Waals surface area contributed by atoms with Gasteiger partial charge in [0, 0.05) is 0 Å². The van der Waals surface area contributed by atoms with Crippen molar-refractivity contribution in [2.45, 2.75) is 93.9 Å². The van der Waals surface area contributed by atoms with E-state index >= 15 is 0 Å². The van der Waals surface area contributed by atoms with Crippen LogP contribution in [0.2, 0.25) is 0 Å². The lowest BCUT2D eigenvalue weighted by Crippen LogP contribution is -2.32. The highest BCUT2D eigenvalue weighted by molar-refractivity contribution is 8.00. The van der Waals surface area contributed by atoms with Gasteiger partial charge in [-0.2, -0.15) is 11.8 Å². The van der Waals surface area contributed by atoms with Gasteiger partial charge in [0.2, 0.25) is 0 Å². The summed E-state index contributed by atoms with van der Waals surface area (Å²) in [5.74, 6) is 4.87. The maximum atomic E-state index is 2.36. The predicted octanol–water partition coefficient (Wildman–Crippen LogP) is 7.36. The molecule has 1 nitrogen and oxygen atoms in total. The van der Waals surface area contributed by atoms with Crippen LogP contribution >= 0.6 is 11.8 Å². The standard InChI is InChI=1S/C7H14.C4H9N.C4H8S.3C2H6/c1-7-5-3-2-4-6-7;1-5-3-2-4-5;1-4-2-5-3-4;3*1-2/h7H,2-6H2,1H3;2-4H2,1H3;4H,2-3H2,1H3;3*1-2H3. The Morgan fingerprint density at radius 2 is 1.00 bits per heavy atom. The summed E-state index contributed by atoms with van der Waals surface area (Å²) in [5.41, 5.74) is 0. The van der Waals surface area contributed by atoms with E-state index in [0.717, 1.165) is 11.8 Å². The third kappa shape index (κ3) is 22.3. The van der Waals surface area contributed by atoms with E-state index in [2.05, 4.69) is 25.8 Å². The normalized spacial score (nSPS) is 19.7. The lowest BCUT2D eigenvalue weighted by molar-refractivity contribution is 0.229. The minimum Gasteiger partial charge on any atom is -0.306 e. The highest BCUT2D eigenvalue weighted by Crippen LogP contribution is 2.22. The second-order valence-electron chi connectivity index (χ2n) is 6.04. The van der Waals surface area contributed by atoms with Crippen molar-refractivity contribution in [2.24, 2.45) is 11.8 Å². The van der Waals surface area contributed by atoms with Crippen LogP contribution in [0.3, 0.4) is 0 Å². The maximum Gasteiger partial charge on any atom is -0.000959 e. The van der Waals surface area contributed by atoms with Crippen molar-refractivity contribution in [1.29, 1.82) is 0 Å². The van der Waals surface area contributed by atoms with Gasteiger partial charge in [0.15, 0.2) is 0 Å². The molecule has 0 N–H and O–H groups in total. The quantitative estimate of drug-likeness (QED) is 0.450. The molecule has 0 spiro atoms. The van der Waals surface area contributed by atoms with Crippen LogP contribution in [0.1, 0.15) is 93.9 Å². The van der Waals surface area contributed by atoms with E-state index in [1.807, 2.05) is 53.3 Å². The van der Waals surface area contributed by atoms with Crippen molar-refractivity contribution in [1.82, 2.24) is 4.90 Å². The van der Waals surface area contributed by atoms with Crippen molar-refractivity contribution in [3.05, 3.63) is 0 Å².